The maximum Gasteiger partial charge on any atom is 0.215 e. The lowest BCUT2D eigenvalue weighted by Crippen LogP contribution is -1.86. The van der Waals surface area contributed by atoms with Gasteiger partial charge in [0, 0.05) is 23.3 Å². The van der Waals surface area contributed by atoms with Gasteiger partial charge < -0.3 is 9.72 Å². The number of methoxy groups -OCH3 is 1. The Kier molecular flexibility index (Phi) is 2.15. The summed E-state index contributed by atoms with van der Waals surface area (Å²) in [6.45, 7) is 4.32. The normalized spacial score (nSPS) is 11.1. The van der Waals surface area contributed by atoms with Gasteiger partial charge in [-0.15, -0.1) is 0 Å². The number of pyridine rings is 1. The van der Waals surface area contributed by atoms with Crippen molar-refractivity contribution in [1.82, 2.24) is 9.97 Å². The first-order valence-corrected chi connectivity index (χ1v) is 4.73. The van der Waals surface area contributed by atoms with E-state index in [1.54, 1.807) is 7.11 Å². The van der Waals surface area contributed by atoms with E-state index in [0.717, 1.165) is 10.9 Å². The number of aromatic nitrogens is 2. The third-order valence-corrected chi connectivity index (χ3v) is 2.33. The third-order valence-electron chi connectivity index (χ3n) is 2.33. The molecule has 14 heavy (non-hydrogen) atoms. The monoisotopic (exact) mass is 190 g/mol. The van der Waals surface area contributed by atoms with Gasteiger partial charge in [0.25, 0.3) is 0 Å². The predicted molar refractivity (Wildman–Crippen MR) is 56.7 cm³/mol. The Morgan fingerprint density at radius 1 is 1.36 bits per heavy atom. The average Bonchev–Trinajstić information content (AvgIpc) is 2.59. The second kappa shape index (κ2) is 3.33. The van der Waals surface area contributed by atoms with Gasteiger partial charge >= 0.3 is 0 Å². The Labute approximate surface area is 83.1 Å². The number of hydrogen-bond acceptors (Lipinski definition) is 2. The van der Waals surface area contributed by atoms with Crippen molar-refractivity contribution in [3.63, 3.8) is 0 Å². The maximum atomic E-state index is 5.06. The molecule has 0 fully saturated rings. The summed E-state index contributed by atoms with van der Waals surface area (Å²) in [6, 6.07) is 4.05. The first-order chi connectivity index (χ1) is 6.70. The molecule has 2 rings (SSSR count). The molecule has 0 aromatic carbocycles. The van der Waals surface area contributed by atoms with Gasteiger partial charge in [-0.25, -0.2) is 4.98 Å². The van der Waals surface area contributed by atoms with E-state index in [4.69, 9.17) is 4.74 Å². The van der Waals surface area contributed by atoms with E-state index in [1.807, 2.05) is 12.3 Å². The number of nitrogens with zero attached hydrogens (tertiary/aromatic N) is 1. The zero-order valence-corrected chi connectivity index (χ0v) is 8.66. The van der Waals surface area contributed by atoms with Crippen LogP contribution in [0.25, 0.3) is 10.9 Å². The molecule has 2 aromatic heterocycles. The van der Waals surface area contributed by atoms with Gasteiger partial charge in [0.15, 0.2) is 0 Å². The van der Waals surface area contributed by atoms with Crippen LogP contribution in [0.1, 0.15) is 25.5 Å². The number of ether oxygens (including phenoxy) is 1. The molecule has 0 unspecified atom stereocenters. The number of nitrogens with one attached hydrogen (secondary N) is 1. The number of rotatable bonds is 2. The smallest absolute Gasteiger partial charge is 0.215 e. The average molecular weight is 190 g/mol. The van der Waals surface area contributed by atoms with E-state index in [2.05, 4.69) is 29.9 Å². The van der Waals surface area contributed by atoms with Crippen LogP contribution in [0.15, 0.2) is 18.3 Å². The molecule has 1 N–H and O–H groups in total. The van der Waals surface area contributed by atoms with E-state index in [9.17, 15) is 0 Å². The summed E-state index contributed by atoms with van der Waals surface area (Å²) in [5.74, 6) is 1.16. The molecule has 0 amide bonds. The number of H-pyrrole nitrogens is 1. The highest BCUT2D eigenvalue weighted by Crippen LogP contribution is 2.22. The van der Waals surface area contributed by atoms with Crippen LogP contribution < -0.4 is 4.74 Å². The van der Waals surface area contributed by atoms with Crippen LogP contribution in [-0.2, 0) is 0 Å². The first-order valence-electron chi connectivity index (χ1n) is 4.73. The van der Waals surface area contributed by atoms with Gasteiger partial charge in [-0.05, 0) is 12.0 Å². The predicted octanol–water partition coefficient (Wildman–Crippen LogP) is 2.69. The molecule has 74 valence electrons. The number of fused-ring (bicyclic) bond motifs is 1. The fourth-order valence-electron chi connectivity index (χ4n) is 1.45. The van der Waals surface area contributed by atoms with Crippen molar-refractivity contribution in [2.75, 3.05) is 7.11 Å². The van der Waals surface area contributed by atoms with Crippen molar-refractivity contribution in [1.29, 1.82) is 0 Å². The summed E-state index contributed by atoms with van der Waals surface area (Å²) in [5, 5.41) is 1.13. The second-order valence-electron chi connectivity index (χ2n) is 3.69. The maximum absolute atomic E-state index is 5.06. The van der Waals surface area contributed by atoms with E-state index < -0.39 is 0 Å². The zero-order valence-electron chi connectivity index (χ0n) is 8.66. The quantitative estimate of drug-likeness (QED) is 0.790. The highest BCUT2D eigenvalue weighted by Gasteiger charge is 2.05. The first kappa shape index (κ1) is 9.06. The van der Waals surface area contributed by atoms with Gasteiger partial charge in [0.1, 0.15) is 0 Å². The van der Waals surface area contributed by atoms with E-state index in [1.165, 1.54) is 5.69 Å². The second-order valence-corrected chi connectivity index (χ2v) is 3.69. The number of aromatic amines is 1. The van der Waals surface area contributed by atoms with Crippen molar-refractivity contribution in [3.05, 3.63) is 24.0 Å². The van der Waals surface area contributed by atoms with E-state index in [-0.39, 0.29) is 0 Å². The van der Waals surface area contributed by atoms with Crippen molar-refractivity contribution < 1.29 is 4.74 Å². The lowest BCUT2D eigenvalue weighted by Gasteiger charge is -1.98. The van der Waals surface area contributed by atoms with Crippen LogP contribution in [-0.4, -0.2) is 17.1 Å². The Hall–Kier alpha value is -1.51. The molecule has 0 saturated carbocycles. The summed E-state index contributed by atoms with van der Waals surface area (Å²) in [4.78, 5) is 7.51. The molecular weight excluding hydrogens is 176 g/mol. The summed E-state index contributed by atoms with van der Waals surface area (Å²) in [6.07, 6.45) is 1.83. The van der Waals surface area contributed by atoms with Crippen LogP contribution in [0.2, 0.25) is 0 Å². The molecule has 2 heterocycles. The summed E-state index contributed by atoms with van der Waals surface area (Å²) in [5.41, 5.74) is 2.32. The summed E-state index contributed by atoms with van der Waals surface area (Å²) >= 11 is 0. The highest BCUT2D eigenvalue weighted by atomic mass is 16.5. The van der Waals surface area contributed by atoms with Gasteiger partial charge in [-0.3, -0.25) is 0 Å². The van der Waals surface area contributed by atoms with Crippen molar-refractivity contribution in [3.8, 4) is 5.88 Å². The highest BCUT2D eigenvalue weighted by molar-refractivity contribution is 5.80. The molecule has 0 aliphatic carbocycles. The Balaban J connectivity index is 2.54. The fourth-order valence-corrected chi connectivity index (χ4v) is 1.45. The molecule has 2 aromatic rings. The lowest BCUT2D eigenvalue weighted by atomic mass is 10.1. The van der Waals surface area contributed by atoms with Crippen LogP contribution in [0.5, 0.6) is 5.88 Å². The van der Waals surface area contributed by atoms with Crippen molar-refractivity contribution in [2.24, 2.45) is 0 Å². The molecule has 0 radical (unpaired) electrons. The SMILES string of the molecule is COc1cc2[nH]c(C(C)C)cc2cn1. The van der Waals surface area contributed by atoms with E-state index in [0.29, 0.717) is 11.8 Å². The minimum atomic E-state index is 0.508. The molecule has 0 saturated heterocycles. The molecular formula is C11H14N2O. The van der Waals surface area contributed by atoms with Crippen LogP contribution in [0, 0.1) is 0 Å². The van der Waals surface area contributed by atoms with Crippen LogP contribution in [0.4, 0.5) is 0 Å². The van der Waals surface area contributed by atoms with Crippen LogP contribution >= 0.6 is 0 Å². The van der Waals surface area contributed by atoms with Crippen molar-refractivity contribution >= 4 is 10.9 Å². The summed E-state index contributed by atoms with van der Waals surface area (Å²) < 4.78 is 5.06. The van der Waals surface area contributed by atoms with Crippen molar-refractivity contribution in [2.45, 2.75) is 19.8 Å². The van der Waals surface area contributed by atoms with Crippen LogP contribution in [0.3, 0.4) is 0 Å². The Bertz CT molecular complexity index is 445. The molecule has 0 atom stereocenters. The molecule has 0 aliphatic heterocycles. The minimum absolute atomic E-state index is 0.508. The third kappa shape index (κ3) is 1.45. The molecule has 3 heteroatoms. The van der Waals surface area contributed by atoms with Gasteiger partial charge in [0.05, 0.1) is 12.6 Å². The topological polar surface area (TPSA) is 37.9 Å². The van der Waals surface area contributed by atoms with Gasteiger partial charge in [-0.2, -0.15) is 0 Å². The lowest BCUT2D eigenvalue weighted by molar-refractivity contribution is 0.398. The van der Waals surface area contributed by atoms with Gasteiger partial charge in [0.2, 0.25) is 5.88 Å². The number of hydrogen-bond donors (Lipinski definition) is 1. The standard InChI is InChI=1S/C11H14N2O/c1-7(2)9-4-8-6-12-11(14-3)5-10(8)13-9/h4-7,13H,1-3H3. The van der Waals surface area contributed by atoms with E-state index >= 15 is 0 Å². The molecule has 0 spiro atoms. The Morgan fingerprint density at radius 3 is 2.79 bits per heavy atom. The molecule has 0 aliphatic rings. The fraction of sp³-hybridized carbons (Fsp3) is 0.364. The molecule has 3 nitrogen and oxygen atoms in total. The zero-order chi connectivity index (χ0) is 10.1. The van der Waals surface area contributed by atoms with Gasteiger partial charge in [-0.1, -0.05) is 13.8 Å². The minimum Gasteiger partial charge on any atom is -0.481 e. The molecule has 0 bridgehead atoms. The summed E-state index contributed by atoms with van der Waals surface area (Å²) in [7, 11) is 1.63. The largest absolute Gasteiger partial charge is 0.481 e. The Morgan fingerprint density at radius 2 is 2.14 bits per heavy atom.